The Morgan fingerprint density at radius 2 is 1.69 bits per heavy atom. The van der Waals surface area contributed by atoms with Crippen molar-refractivity contribution in [1.29, 1.82) is 0 Å². The first kappa shape index (κ1) is 26.0. The summed E-state index contributed by atoms with van der Waals surface area (Å²) >= 11 is 0. The molecule has 0 spiro atoms. The molecule has 0 saturated heterocycles. The monoisotopic (exact) mass is 475 g/mol. The lowest BCUT2D eigenvalue weighted by Crippen LogP contribution is -2.41. The summed E-state index contributed by atoms with van der Waals surface area (Å²) in [5.74, 6) is 0.308. The molecule has 2 aromatic carbocycles. The van der Waals surface area contributed by atoms with Crippen LogP contribution in [-0.2, 0) is 16.6 Å². The third kappa shape index (κ3) is 6.72. The van der Waals surface area contributed by atoms with Crippen LogP contribution in [0.1, 0.15) is 57.9 Å². The van der Waals surface area contributed by atoms with Crippen LogP contribution in [-0.4, -0.2) is 39.7 Å². The fourth-order valence-electron chi connectivity index (χ4n) is 3.74. The number of carbonyl (C=O) groups excluding carboxylic acids is 2. The van der Waals surface area contributed by atoms with E-state index in [1.807, 2.05) is 75.4 Å². The molecule has 3 amide bonds. The molecule has 2 N–H and O–H groups in total. The van der Waals surface area contributed by atoms with Gasteiger partial charge in [-0.3, -0.25) is 4.79 Å². The van der Waals surface area contributed by atoms with Crippen molar-refractivity contribution in [2.75, 3.05) is 23.7 Å². The van der Waals surface area contributed by atoms with Crippen LogP contribution >= 0.6 is 0 Å². The van der Waals surface area contributed by atoms with E-state index in [4.69, 9.17) is 5.10 Å². The molecule has 7 nitrogen and oxygen atoms in total. The maximum absolute atomic E-state index is 13.1. The standard InChI is InChI=1S/C28H37N5O2/c1-7-17-32(27(35)29-23-12-10-9-11-21(23)8-2)19-26(34)30-25-18-24(28(4,5)6)31-33(25)22-15-13-20(3)14-16-22/h9-16,18H,7-8,17,19H2,1-6H3,(H,29,35)(H,30,34). The van der Waals surface area contributed by atoms with Gasteiger partial charge in [0.25, 0.3) is 0 Å². The highest BCUT2D eigenvalue weighted by Crippen LogP contribution is 2.26. The van der Waals surface area contributed by atoms with E-state index in [1.54, 1.807) is 9.58 Å². The summed E-state index contributed by atoms with van der Waals surface area (Å²) in [6.45, 7) is 12.7. The Labute approximate surface area is 208 Å². The van der Waals surface area contributed by atoms with Crippen molar-refractivity contribution in [3.8, 4) is 5.69 Å². The smallest absolute Gasteiger partial charge is 0.315 e. The third-order valence-corrected chi connectivity index (χ3v) is 5.78. The zero-order chi connectivity index (χ0) is 25.6. The first-order valence-corrected chi connectivity index (χ1v) is 12.2. The SMILES string of the molecule is CCCN(CC(=O)Nc1cc(C(C)(C)C)nn1-c1ccc(C)cc1)C(=O)Nc1ccccc1CC. The second-order valence-electron chi connectivity index (χ2n) is 9.82. The van der Waals surface area contributed by atoms with E-state index >= 15 is 0 Å². The Hall–Kier alpha value is -3.61. The minimum Gasteiger partial charge on any atom is -0.315 e. The zero-order valence-electron chi connectivity index (χ0n) is 21.7. The molecule has 0 radical (unpaired) electrons. The van der Waals surface area contributed by atoms with Crippen LogP contribution in [0.15, 0.2) is 54.6 Å². The van der Waals surface area contributed by atoms with E-state index in [-0.39, 0.29) is 23.9 Å². The van der Waals surface area contributed by atoms with Crippen LogP contribution < -0.4 is 10.6 Å². The minimum atomic E-state index is -0.287. The van der Waals surface area contributed by atoms with Gasteiger partial charge in [-0.1, -0.05) is 70.5 Å². The Morgan fingerprint density at radius 3 is 2.31 bits per heavy atom. The van der Waals surface area contributed by atoms with Crippen LogP contribution in [0.3, 0.4) is 0 Å². The average molecular weight is 476 g/mol. The highest BCUT2D eigenvalue weighted by molar-refractivity contribution is 5.97. The largest absolute Gasteiger partial charge is 0.322 e. The Balaban J connectivity index is 1.80. The number of anilines is 2. The average Bonchev–Trinajstić information content (AvgIpc) is 3.23. The molecule has 0 atom stereocenters. The predicted molar refractivity (Wildman–Crippen MR) is 142 cm³/mol. The molecule has 0 saturated carbocycles. The number of aryl methyl sites for hydroxylation is 2. The van der Waals surface area contributed by atoms with Gasteiger partial charge in [-0.2, -0.15) is 5.10 Å². The maximum atomic E-state index is 13.1. The van der Waals surface area contributed by atoms with E-state index in [9.17, 15) is 9.59 Å². The van der Waals surface area contributed by atoms with Crippen molar-refractivity contribution in [1.82, 2.24) is 14.7 Å². The highest BCUT2D eigenvalue weighted by atomic mass is 16.2. The molecule has 1 aromatic heterocycles. The van der Waals surface area contributed by atoms with Crippen molar-refractivity contribution < 1.29 is 9.59 Å². The molecule has 35 heavy (non-hydrogen) atoms. The van der Waals surface area contributed by atoms with E-state index in [0.29, 0.717) is 12.4 Å². The Kier molecular flexibility index (Phi) is 8.33. The molecule has 0 fully saturated rings. The van der Waals surface area contributed by atoms with Crippen LogP contribution in [0.2, 0.25) is 0 Å². The van der Waals surface area contributed by atoms with Crippen molar-refractivity contribution in [2.45, 2.75) is 59.8 Å². The molecular formula is C28H37N5O2. The molecule has 0 bridgehead atoms. The lowest BCUT2D eigenvalue weighted by Gasteiger charge is -2.23. The van der Waals surface area contributed by atoms with E-state index in [1.165, 1.54) is 0 Å². The lowest BCUT2D eigenvalue weighted by molar-refractivity contribution is -0.116. The van der Waals surface area contributed by atoms with E-state index in [0.717, 1.165) is 41.0 Å². The zero-order valence-corrected chi connectivity index (χ0v) is 21.7. The Morgan fingerprint density at radius 1 is 1.00 bits per heavy atom. The number of hydrogen-bond acceptors (Lipinski definition) is 3. The summed E-state index contributed by atoms with van der Waals surface area (Å²) in [7, 11) is 0. The first-order chi connectivity index (χ1) is 16.6. The summed E-state index contributed by atoms with van der Waals surface area (Å²) in [5, 5.41) is 10.7. The summed E-state index contributed by atoms with van der Waals surface area (Å²) in [6, 6.07) is 17.3. The van der Waals surface area contributed by atoms with Gasteiger partial charge in [-0.05, 0) is 43.5 Å². The van der Waals surface area contributed by atoms with Gasteiger partial charge in [0.1, 0.15) is 12.4 Å². The summed E-state index contributed by atoms with van der Waals surface area (Å²) in [4.78, 5) is 27.7. The summed E-state index contributed by atoms with van der Waals surface area (Å²) in [6.07, 6.45) is 1.55. The third-order valence-electron chi connectivity index (χ3n) is 5.78. The minimum absolute atomic E-state index is 0.0576. The number of hydrogen-bond donors (Lipinski definition) is 2. The predicted octanol–water partition coefficient (Wildman–Crippen LogP) is 5.92. The van der Waals surface area contributed by atoms with Crippen LogP contribution in [0, 0.1) is 6.92 Å². The fourth-order valence-corrected chi connectivity index (χ4v) is 3.74. The summed E-state index contributed by atoms with van der Waals surface area (Å²) < 4.78 is 1.75. The van der Waals surface area contributed by atoms with Crippen LogP contribution in [0.25, 0.3) is 5.69 Å². The second-order valence-corrected chi connectivity index (χ2v) is 9.82. The molecule has 1 heterocycles. The quantitative estimate of drug-likeness (QED) is 0.424. The molecular weight excluding hydrogens is 438 g/mol. The van der Waals surface area contributed by atoms with Crippen molar-refractivity contribution in [3.63, 3.8) is 0 Å². The molecule has 0 unspecified atom stereocenters. The number of urea groups is 1. The van der Waals surface area contributed by atoms with Crippen molar-refractivity contribution >= 4 is 23.4 Å². The molecule has 186 valence electrons. The topological polar surface area (TPSA) is 79.3 Å². The number of nitrogens with zero attached hydrogens (tertiary/aromatic N) is 3. The molecule has 0 aliphatic heterocycles. The molecule has 0 aliphatic carbocycles. The lowest BCUT2D eigenvalue weighted by atomic mass is 9.92. The number of carbonyl (C=O) groups is 2. The number of nitrogens with one attached hydrogen (secondary N) is 2. The van der Waals surface area contributed by atoms with E-state index < -0.39 is 0 Å². The van der Waals surface area contributed by atoms with Gasteiger partial charge in [-0.25, -0.2) is 9.48 Å². The van der Waals surface area contributed by atoms with Gasteiger partial charge in [0.05, 0.1) is 11.4 Å². The molecule has 3 aromatic rings. The number of amides is 3. The second kappa shape index (κ2) is 11.2. The fraction of sp³-hybridized carbons (Fsp3) is 0.393. The molecule has 0 aliphatic rings. The molecule has 3 rings (SSSR count). The van der Waals surface area contributed by atoms with Crippen LogP contribution in [0.4, 0.5) is 16.3 Å². The summed E-state index contributed by atoms with van der Waals surface area (Å²) in [5.41, 5.74) is 4.52. The van der Waals surface area contributed by atoms with Crippen molar-refractivity contribution in [3.05, 3.63) is 71.4 Å². The normalized spacial score (nSPS) is 11.3. The number of para-hydroxylation sites is 1. The van der Waals surface area contributed by atoms with Gasteiger partial charge >= 0.3 is 6.03 Å². The highest BCUT2D eigenvalue weighted by Gasteiger charge is 2.23. The number of rotatable bonds is 8. The molecule has 7 heteroatoms. The Bertz CT molecular complexity index is 1160. The number of benzene rings is 2. The van der Waals surface area contributed by atoms with Gasteiger partial charge in [-0.15, -0.1) is 0 Å². The maximum Gasteiger partial charge on any atom is 0.322 e. The van der Waals surface area contributed by atoms with E-state index in [2.05, 4.69) is 31.4 Å². The van der Waals surface area contributed by atoms with Gasteiger partial charge < -0.3 is 15.5 Å². The van der Waals surface area contributed by atoms with Gasteiger partial charge in [0.2, 0.25) is 5.91 Å². The van der Waals surface area contributed by atoms with Gasteiger partial charge in [0.15, 0.2) is 0 Å². The van der Waals surface area contributed by atoms with Gasteiger partial charge in [0, 0.05) is 23.7 Å². The first-order valence-electron chi connectivity index (χ1n) is 12.2. The number of aromatic nitrogens is 2. The van der Waals surface area contributed by atoms with Crippen LogP contribution in [0.5, 0.6) is 0 Å². The van der Waals surface area contributed by atoms with Crippen molar-refractivity contribution in [2.24, 2.45) is 0 Å².